The lowest BCUT2D eigenvalue weighted by molar-refractivity contribution is 0.0816. The molecule has 1 aromatic heterocycles. The normalized spacial score (nSPS) is 19.4. The molecule has 17 heavy (non-hydrogen) atoms. The van der Waals surface area contributed by atoms with Crippen molar-refractivity contribution in [2.75, 3.05) is 25.1 Å². The van der Waals surface area contributed by atoms with Crippen LogP contribution in [-0.4, -0.2) is 36.4 Å². The van der Waals surface area contributed by atoms with Gasteiger partial charge in [0.1, 0.15) is 5.82 Å². The van der Waals surface area contributed by atoms with Crippen LogP contribution < -0.4 is 4.90 Å². The maximum atomic E-state index is 9.74. The number of ether oxygens (including phenoxy) is 1. The van der Waals surface area contributed by atoms with E-state index in [1.54, 1.807) is 20.2 Å². The van der Waals surface area contributed by atoms with E-state index in [4.69, 9.17) is 4.74 Å². The predicted octanol–water partition coefficient (Wildman–Crippen LogP) is 1.75. The number of piperidine rings is 1. The number of aromatic nitrogens is 1. The highest BCUT2D eigenvalue weighted by atomic mass is 16.5. The fourth-order valence-electron chi connectivity index (χ4n) is 2.30. The van der Waals surface area contributed by atoms with Crippen molar-refractivity contribution < 1.29 is 9.84 Å². The van der Waals surface area contributed by atoms with E-state index in [0.29, 0.717) is 6.10 Å². The third-order valence-corrected chi connectivity index (χ3v) is 3.34. The van der Waals surface area contributed by atoms with Crippen LogP contribution in [0.1, 0.15) is 31.4 Å². The molecule has 0 bridgehead atoms. The van der Waals surface area contributed by atoms with E-state index in [1.807, 2.05) is 12.1 Å². The van der Waals surface area contributed by atoms with Crippen LogP contribution in [0.4, 0.5) is 5.82 Å². The average Bonchev–Trinajstić information content (AvgIpc) is 2.39. The summed E-state index contributed by atoms with van der Waals surface area (Å²) >= 11 is 0. The maximum Gasteiger partial charge on any atom is 0.134 e. The molecule has 0 radical (unpaired) electrons. The first kappa shape index (κ1) is 12.3. The minimum Gasteiger partial charge on any atom is -0.389 e. The van der Waals surface area contributed by atoms with Crippen LogP contribution in [0.3, 0.4) is 0 Å². The number of hydrogen-bond acceptors (Lipinski definition) is 4. The molecule has 4 nitrogen and oxygen atoms in total. The van der Waals surface area contributed by atoms with Crippen molar-refractivity contribution in [3.63, 3.8) is 0 Å². The van der Waals surface area contributed by atoms with Gasteiger partial charge in [0.25, 0.3) is 0 Å². The van der Waals surface area contributed by atoms with Crippen LogP contribution in [-0.2, 0) is 4.74 Å². The summed E-state index contributed by atoms with van der Waals surface area (Å²) in [6, 6.07) is 3.81. The van der Waals surface area contributed by atoms with Crippen molar-refractivity contribution >= 4 is 5.82 Å². The minimum absolute atomic E-state index is 0.366. The Kier molecular flexibility index (Phi) is 3.97. The van der Waals surface area contributed by atoms with Gasteiger partial charge in [-0.15, -0.1) is 0 Å². The van der Waals surface area contributed by atoms with E-state index < -0.39 is 6.10 Å². The molecular formula is C13H20N2O2. The third-order valence-electron chi connectivity index (χ3n) is 3.34. The zero-order valence-electron chi connectivity index (χ0n) is 10.5. The van der Waals surface area contributed by atoms with Gasteiger partial charge in [-0.05, 0) is 25.8 Å². The molecule has 94 valence electrons. The van der Waals surface area contributed by atoms with Gasteiger partial charge in [-0.2, -0.15) is 0 Å². The number of hydrogen-bond donors (Lipinski definition) is 1. The molecule has 1 N–H and O–H groups in total. The van der Waals surface area contributed by atoms with Crippen molar-refractivity contribution in [1.82, 2.24) is 4.98 Å². The van der Waals surface area contributed by atoms with Gasteiger partial charge in [0.2, 0.25) is 0 Å². The number of nitrogens with zero attached hydrogens (tertiary/aromatic N) is 2. The van der Waals surface area contributed by atoms with Gasteiger partial charge in [0, 0.05) is 32.0 Å². The monoisotopic (exact) mass is 236 g/mol. The molecule has 1 aromatic rings. The molecular weight excluding hydrogens is 216 g/mol. The molecule has 2 heterocycles. The number of pyridine rings is 1. The fraction of sp³-hybridized carbons (Fsp3) is 0.615. The Morgan fingerprint density at radius 3 is 2.76 bits per heavy atom. The van der Waals surface area contributed by atoms with Crippen LogP contribution in [0.2, 0.25) is 0 Å². The molecule has 0 unspecified atom stereocenters. The summed E-state index contributed by atoms with van der Waals surface area (Å²) in [6.45, 7) is 3.66. The molecule has 2 rings (SSSR count). The maximum absolute atomic E-state index is 9.74. The second-order valence-corrected chi connectivity index (χ2v) is 4.51. The van der Waals surface area contributed by atoms with Gasteiger partial charge in [0.15, 0.2) is 0 Å². The summed E-state index contributed by atoms with van der Waals surface area (Å²) in [6.07, 6.45) is 3.71. The molecule has 4 heteroatoms. The molecule has 1 atom stereocenters. The van der Waals surface area contributed by atoms with Crippen molar-refractivity contribution in [1.29, 1.82) is 0 Å². The fourth-order valence-corrected chi connectivity index (χ4v) is 2.30. The number of aliphatic hydroxyl groups is 1. The Balaban J connectivity index is 2.13. The molecule has 1 aliphatic rings. The van der Waals surface area contributed by atoms with Crippen molar-refractivity contribution in [2.45, 2.75) is 32.0 Å². The zero-order valence-corrected chi connectivity index (χ0v) is 10.5. The summed E-state index contributed by atoms with van der Waals surface area (Å²) in [4.78, 5) is 6.63. The molecule has 0 aliphatic carbocycles. The first-order chi connectivity index (χ1) is 8.22. The molecule has 1 saturated heterocycles. The lowest BCUT2D eigenvalue weighted by Crippen LogP contribution is -2.37. The highest BCUT2D eigenvalue weighted by Gasteiger charge is 2.22. The smallest absolute Gasteiger partial charge is 0.134 e. The Morgan fingerprint density at radius 1 is 1.47 bits per heavy atom. The van der Waals surface area contributed by atoms with E-state index in [9.17, 15) is 5.11 Å². The minimum atomic E-state index is -0.473. The molecule has 0 saturated carbocycles. The zero-order chi connectivity index (χ0) is 12.3. The van der Waals surface area contributed by atoms with Gasteiger partial charge >= 0.3 is 0 Å². The van der Waals surface area contributed by atoms with Gasteiger partial charge in [-0.25, -0.2) is 4.98 Å². The Morgan fingerprint density at radius 2 is 2.18 bits per heavy atom. The number of aliphatic hydroxyl groups excluding tert-OH is 1. The molecule has 1 fully saturated rings. The highest BCUT2D eigenvalue weighted by Crippen LogP contribution is 2.26. The first-order valence-corrected chi connectivity index (χ1v) is 6.13. The van der Waals surface area contributed by atoms with Crippen LogP contribution in [0, 0.1) is 0 Å². The molecule has 1 aliphatic heterocycles. The highest BCUT2D eigenvalue weighted by molar-refractivity contribution is 5.48. The Hall–Kier alpha value is -1.13. The molecule has 0 spiro atoms. The standard InChI is InChI=1S/C13H20N2O2/c1-10(16)12-4-3-7-14-13(12)15-8-5-11(17-2)6-9-15/h3-4,7,10-11,16H,5-6,8-9H2,1-2H3/t10-/m1/s1. The van der Waals surface area contributed by atoms with Gasteiger partial charge in [-0.3, -0.25) is 0 Å². The molecule has 0 amide bonds. The number of rotatable bonds is 3. The van der Waals surface area contributed by atoms with Gasteiger partial charge in [0.05, 0.1) is 12.2 Å². The topological polar surface area (TPSA) is 45.6 Å². The summed E-state index contributed by atoms with van der Waals surface area (Å²) in [7, 11) is 1.77. The quantitative estimate of drug-likeness (QED) is 0.868. The van der Waals surface area contributed by atoms with E-state index in [0.717, 1.165) is 37.3 Å². The largest absolute Gasteiger partial charge is 0.389 e. The van der Waals surface area contributed by atoms with Gasteiger partial charge in [-0.1, -0.05) is 6.07 Å². The molecule has 0 aromatic carbocycles. The third kappa shape index (κ3) is 2.76. The summed E-state index contributed by atoms with van der Waals surface area (Å²) in [5, 5.41) is 9.74. The first-order valence-electron chi connectivity index (χ1n) is 6.13. The summed E-state index contributed by atoms with van der Waals surface area (Å²) < 4.78 is 5.36. The van der Waals surface area contributed by atoms with Crippen LogP contribution in [0.5, 0.6) is 0 Å². The van der Waals surface area contributed by atoms with Crippen LogP contribution >= 0.6 is 0 Å². The Labute approximate surface area is 102 Å². The Bertz CT molecular complexity index is 360. The second-order valence-electron chi connectivity index (χ2n) is 4.51. The second kappa shape index (κ2) is 5.47. The number of anilines is 1. The predicted molar refractivity (Wildman–Crippen MR) is 67.1 cm³/mol. The summed E-state index contributed by atoms with van der Waals surface area (Å²) in [5.41, 5.74) is 0.906. The summed E-state index contributed by atoms with van der Waals surface area (Å²) in [5.74, 6) is 0.914. The van der Waals surface area contributed by atoms with Crippen LogP contribution in [0.15, 0.2) is 18.3 Å². The van der Waals surface area contributed by atoms with E-state index >= 15 is 0 Å². The van der Waals surface area contributed by atoms with Crippen LogP contribution in [0.25, 0.3) is 0 Å². The van der Waals surface area contributed by atoms with E-state index in [1.165, 1.54) is 0 Å². The SMILES string of the molecule is COC1CCN(c2ncccc2[C@@H](C)O)CC1. The lowest BCUT2D eigenvalue weighted by atomic mass is 10.1. The van der Waals surface area contributed by atoms with Crippen molar-refractivity contribution in [3.8, 4) is 0 Å². The van der Waals surface area contributed by atoms with E-state index in [2.05, 4.69) is 9.88 Å². The lowest BCUT2D eigenvalue weighted by Gasteiger charge is -2.33. The number of methoxy groups -OCH3 is 1. The van der Waals surface area contributed by atoms with E-state index in [-0.39, 0.29) is 0 Å². The van der Waals surface area contributed by atoms with Crippen molar-refractivity contribution in [3.05, 3.63) is 23.9 Å². The van der Waals surface area contributed by atoms with Gasteiger partial charge < -0.3 is 14.7 Å². The average molecular weight is 236 g/mol. The van der Waals surface area contributed by atoms with Crippen molar-refractivity contribution in [2.24, 2.45) is 0 Å².